The number of methoxy groups -OCH3 is 2. The predicted molar refractivity (Wildman–Crippen MR) is 87.9 cm³/mol. The molecule has 1 saturated heterocycles. The van der Waals surface area contributed by atoms with E-state index in [1.807, 2.05) is 18.2 Å². The van der Waals surface area contributed by atoms with Gasteiger partial charge < -0.3 is 19.5 Å². The fourth-order valence-electron chi connectivity index (χ4n) is 2.60. The van der Waals surface area contributed by atoms with Crippen molar-refractivity contribution >= 4 is 5.91 Å². The van der Waals surface area contributed by atoms with E-state index >= 15 is 0 Å². The molecule has 1 aromatic carbocycles. The summed E-state index contributed by atoms with van der Waals surface area (Å²) in [6, 6.07) is 5.63. The molecule has 0 radical (unpaired) electrons. The summed E-state index contributed by atoms with van der Waals surface area (Å²) < 4.78 is 16.0. The van der Waals surface area contributed by atoms with Gasteiger partial charge in [-0.25, -0.2) is 0 Å². The number of amides is 1. The molecular formula is C17H26N2O4. The van der Waals surface area contributed by atoms with Crippen molar-refractivity contribution in [1.29, 1.82) is 0 Å². The smallest absolute Gasteiger partial charge is 0.234 e. The van der Waals surface area contributed by atoms with E-state index in [-0.39, 0.29) is 11.4 Å². The van der Waals surface area contributed by atoms with Gasteiger partial charge in [0.25, 0.3) is 0 Å². The molecule has 6 nitrogen and oxygen atoms in total. The number of nitrogens with zero attached hydrogens (tertiary/aromatic N) is 1. The molecule has 0 bridgehead atoms. The third-order valence-corrected chi connectivity index (χ3v) is 4.09. The Hall–Kier alpha value is -1.79. The van der Waals surface area contributed by atoms with E-state index in [9.17, 15) is 4.79 Å². The number of rotatable bonds is 6. The van der Waals surface area contributed by atoms with E-state index in [0.717, 1.165) is 12.1 Å². The van der Waals surface area contributed by atoms with Crippen molar-refractivity contribution in [3.8, 4) is 11.5 Å². The molecule has 0 unspecified atom stereocenters. The van der Waals surface area contributed by atoms with Crippen molar-refractivity contribution in [1.82, 2.24) is 10.2 Å². The number of ether oxygens (including phenoxy) is 3. The molecule has 6 heteroatoms. The molecule has 23 heavy (non-hydrogen) atoms. The maximum Gasteiger partial charge on any atom is 0.234 e. The van der Waals surface area contributed by atoms with Gasteiger partial charge >= 0.3 is 0 Å². The molecule has 1 N–H and O–H groups in total. The van der Waals surface area contributed by atoms with Gasteiger partial charge in [0.15, 0.2) is 11.5 Å². The van der Waals surface area contributed by atoms with E-state index in [1.54, 1.807) is 14.2 Å². The van der Waals surface area contributed by atoms with Crippen LogP contribution in [0.2, 0.25) is 0 Å². The normalized spacial score (nSPS) is 17.6. The molecule has 0 aromatic heterocycles. The van der Waals surface area contributed by atoms with Crippen LogP contribution in [-0.4, -0.2) is 56.9 Å². The van der Waals surface area contributed by atoms with Crippen molar-refractivity contribution in [3.05, 3.63) is 23.8 Å². The molecule has 1 amide bonds. The van der Waals surface area contributed by atoms with Crippen molar-refractivity contribution < 1.29 is 19.0 Å². The summed E-state index contributed by atoms with van der Waals surface area (Å²) in [6.45, 7) is 7.12. The maximum absolute atomic E-state index is 12.2. The molecule has 0 saturated carbocycles. The fourth-order valence-corrected chi connectivity index (χ4v) is 2.60. The number of hydrogen-bond donors (Lipinski definition) is 1. The van der Waals surface area contributed by atoms with Gasteiger partial charge in [0.05, 0.1) is 34.0 Å². The van der Waals surface area contributed by atoms with Crippen molar-refractivity contribution in [2.24, 2.45) is 0 Å². The average molecular weight is 322 g/mol. The third kappa shape index (κ3) is 4.59. The van der Waals surface area contributed by atoms with Gasteiger partial charge in [0.2, 0.25) is 5.91 Å². The van der Waals surface area contributed by atoms with Gasteiger partial charge in [0.1, 0.15) is 0 Å². The van der Waals surface area contributed by atoms with Crippen LogP contribution in [0, 0.1) is 0 Å². The molecule has 1 aromatic rings. The number of morpholine rings is 1. The molecule has 128 valence electrons. The van der Waals surface area contributed by atoms with Crippen molar-refractivity contribution in [3.63, 3.8) is 0 Å². The molecule has 0 spiro atoms. The lowest BCUT2D eigenvalue weighted by atomic mass is 10.0. The summed E-state index contributed by atoms with van der Waals surface area (Å²) in [7, 11) is 3.20. The first-order valence-electron chi connectivity index (χ1n) is 7.76. The Bertz CT molecular complexity index is 545. The van der Waals surface area contributed by atoms with Gasteiger partial charge in [-0.2, -0.15) is 0 Å². The molecule has 0 aliphatic carbocycles. The Balaban J connectivity index is 1.89. The van der Waals surface area contributed by atoms with Crippen LogP contribution in [0.1, 0.15) is 19.4 Å². The first-order chi connectivity index (χ1) is 11.0. The number of carbonyl (C=O) groups excluding carboxylic acids is 1. The Kier molecular flexibility index (Phi) is 5.85. The molecule has 1 heterocycles. The van der Waals surface area contributed by atoms with Gasteiger partial charge in [-0.15, -0.1) is 0 Å². The van der Waals surface area contributed by atoms with Crippen LogP contribution in [0.15, 0.2) is 18.2 Å². The Labute approximate surface area is 137 Å². The second-order valence-corrected chi connectivity index (χ2v) is 6.25. The largest absolute Gasteiger partial charge is 0.493 e. The molecule has 0 atom stereocenters. The highest BCUT2D eigenvalue weighted by molar-refractivity contribution is 5.78. The van der Waals surface area contributed by atoms with Gasteiger partial charge in [0, 0.05) is 18.6 Å². The van der Waals surface area contributed by atoms with E-state index in [4.69, 9.17) is 14.2 Å². The topological polar surface area (TPSA) is 60.0 Å². The second kappa shape index (κ2) is 7.66. The standard InChI is InChI=1S/C17H26N2O4/c1-17(2)12-23-8-7-19(17)11-16(20)18-10-13-5-6-14(21-3)15(9-13)22-4/h5-6,9H,7-8,10-12H2,1-4H3,(H,18,20). The lowest BCUT2D eigenvalue weighted by Gasteiger charge is -2.41. The van der Waals surface area contributed by atoms with Crippen molar-refractivity contribution in [2.75, 3.05) is 40.5 Å². The zero-order valence-corrected chi connectivity index (χ0v) is 14.3. The van der Waals surface area contributed by atoms with Gasteiger partial charge in [-0.05, 0) is 31.5 Å². The Morgan fingerprint density at radius 2 is 2.04 bits per heavy atom. The molecule has 1 aliphatic rings. The van der Waals surface area contributed by atoms with Crippen LogP contribution in [0.5, 0.6) is 11.5 Å². The van der Waals surface area contributed by atoms with E-state index in [2.05, 4.69) is 24.1 Å². The van der Waals surface area contributed by atoms with Crippen LogP contribution in [0.3, 0.4) is 0 Å². The molecule has 2 rings (SSSR count). The fraction of sp³-hybridized carbons (Fsp3) is 0.588. The minimum Gasteiger partial charge on any atom is -0.493 e. The summed E-state index contributed by atoms with van der Waals surface area (Å²) >= 11 is 0. The maximum atomic E-state index is 12.2. The third-order valence-electron chi connectivity index (χ3n) is 4.09. The second-order valence-electron chi connectivity index (χ2n) is 6.25. The lowest BCUT2D eigenvalue weighted by molar-refractivity contribution is -0.127. The molecular weight excluding hydrogens is 296 g/mol. The SMILES string of the molecule is COc1ccc(CNC(=O)CN2CCOCC2(C)C)cc1OC. The lowest BCUT2D eigenvalue weighted by Crippen LogP contribution is -2.55. The highest BCUT2D eigenvalue weighted by Crippen LogP contribution is 2.27. The summed E-state index contributed by atoms with van der Waals surface area (Å²) in [6.07, 6.45) is 0. The minimum absolute atomic E-state index is 0.00904. The number of nitrogens with one attached hydrogen (secondary N) is 1. The summed E-state index contributed by atoms with van der Waals surface area (Å²) in [5.41, 5.74) is 0.857. The highest BCUT2D eigenvalue weighted by atomic mass is 16.5. The van der Waals surface area contributed by atoms with E-state index in [1.165, 1.54) is 0 Å². The molecule has 1 aliphatic heterocycles. The van der Waals surface area contributed by atoms with Crippen LogP contribution in [0.25, 0.3) is 0 Å². The predicted octanol–water partition coefficient (Wildman–Crippen LogP) is 1.43. The first kappa shape index (κ1) is 17.6. The first-order valence-corrected chi connectivity index (χ1v) is 7.76. The minimum atomic E-state index is -0.112. The summed E-state index contributed by atoms with van der Waals surface area (Å²) in [4.78, 5) is 14.4. The quantitative estimate of drug-likeness (QED) is 0.858. The zero-order chi connectivity index (χ0) is 16.9. The van der Waals surface area contributed by atoms with Crippen LogP contribution >= 0.6 is 0 Å². The number of benzene rings is 1. The monoisotopic (exact) mass is 322 g/mol. The summed E-state index contributed by atoms with van der Waals surface area (Å²) in [5.74, 6) is 1.35. The van der Waals surface area contributed by atoms with Gasteiger partial charge in [-0.3, -0.25) is 9.69 Å². The summed E-state index contributed by atoms with van der Waals surface area (Å²) in [5, 5.41) is 2.96. The van der Waals surface area contributed by atoms with Crippen LogP contribution < -0.4 is 14.8 Å². The average Bonchev–Trinajstić information content (AvgIpc) is 2.54. The molecule has 1 fully saturated rings. The van der Waals surface area contributed by atoms with Crippen molar-refractivity contribution in [2.45, 2.75) is 25.9 Å². The highest BCUT2D eigenvalue weighted by Gasteiger charge is 2.31. The Morgan fingerprint density at radius 3 is 2.70 bits per heavy atom. The van der Waals surface area contributed by atoms with E-state index < -0.39 is 0 Å². The number of carbonyl (C=O) groups is 1. The van der Waals surface area contributed by atoms with Crippen LogP contribution in [0.4, 0.5) is 0 Å². The van der Waals surface area contributed by atoms with Gasteiger partial charge in [-0.1, -0.05) is 6.07 Å². The zero-order valence-electron chi connectivity index (χ0n) is 14.3. The van der Waals surface area contributed by atoms with E-state index in [0.29, 0.717) is 37.8 Å². The van der Waals surface area contributed by atoms with Crippen LogP contribution in [-0.2, 0) is 16.1 Å². The Morgan fingerprint density at radius 1 is 1.30 bits per heavy atom. The number of hydrogen-bond acceptors (Lipinski definition) is 5.